The van der Waals surface area contributed by atoms with E-state index in [-0.39, 0.29) is 0 Å². The van der Waals surface area contributed by atoms with Crippen LogP contribution in [0.3, 0.4) is 0 Å². The number of hydrogen-bond acceptors (Lipinski definition) is 2. The Hall–Kier alpha value is -1.58. The molecule has 0 aliphatic rings. The molecule has 0 aromatic heterocycles. The molecular weight excluding hydrogens is 161 g/mol. The molecule has 1 radical (unpaired) electrons. The van der Waals surface area contributed by atoms with Crippen LogP contribution in [0.4, 0.5) is 14.9 Å². The van der Waals surface area contributed by atoms with Gasteiger partial charge in [0.15, 0.2) is 0 Å². The van der Waals surface area contributed by atoms with Crippen LogP contribution in [0, 0.1) is 6.07 Å². The van der Waals surface area contributed by atoms with E-state index >= 15 is 0 Å². The first-order chi connectivity index (χ1) is 5.83. The van der Waals surface area contributed by atoms with Crippen LogP contribution in [-0.2, 0) is 4.74 Å². The second-order valence-corrected chi connectivity index (χ2v) is 1.94. The van der Waals surface area contributed by atoms with Gasteiger partial charge in [-0.3, -0.25) is 5.32 Å². The molecule has 0 atom stereocenters. The summed E-state index contributed by atoms with van der Waals surface area (Å²) < 4.78 is 15.5. The van der Waals surface area contributed by atoms with E-state index in [9.17, 15) is 9.18 Å². The Morgan fingerprint density at radius 2 is 2.50 bits per heavy atom. The smallest absolute Gasteiger partial charge is 0.413 e. The van der Waals surface area contributed by atoms with E-state index in [0.717, 1.165) is 0 Å². The van der Waals surface area contributed by atoms with Crippen LogP contribution < -0.4 is 5.32 Å². The number of ether oxygens (including phenoxy) is 1. The fourth-order valence-electron chi connectivity index (χ4n) is 0.667. The quantitative estimate of drug-likeness (QED) is 0.733. The molecule has 0 fully saturated rings. The summed E-state index contributed by atoms with van der Waals surface area (Å²) in [6.07, 6.45) is -0.819. The lowest BCUT2D eigenvalue weighted by molar-refractivity contribution is 0.111. The summed E-state index contributed by atoms with van der Waals surface area (Å²) in [7, 11) is 0. The first kappa shape index (κ1) is 8.52. The van der Waals surface area contributed by atoms with Gasteiger partial charge in [-0.25, -0.2) is 9.18 Å². The van der Waals surface area contributed by atoms with E-state index in [1.54, 1.807) is 24.3 Å². The third-order valence-corrected chi connectivity index (χ3v) is 1.13. The average molecular weight is 168 g/mol. The standard InChI is InChI=1S/C8H7FNO2/c9-6-12-8(11)10-7-4-2-1-3-5-7/h1-4H,6H2,(H,10,11). The zero-order valence-corrected chi connectivity index (χ0v) is 6.21. The Balaban J connectivity index is 2.47. The second kappa shape index (κ2) is 4.33. The van der Waals surface area contributed by atoms with Crippen molar-refractivity contribution in [3.05, 3.63) is 30.3 Å². The van der Waals surface area contributed by atoms with Crippen molar-refractivity contribution in [3.8, 4) is 0 Å². The molecule has 3 nitrogen and oxygen atoms in total. The van der Waals surface area contributed by atoms with E-state index in [4.69, 9.17) is 0 Å². The van der Waals surface area contributed by atoms with Crippen molar-refractivity contribution in [2.45, 2.75) is 0 Å². The summed E-state index contributed by atoms with van der Waals surface area (Å²) in [6.45, 7) is -1.13. The number of anilines is 1. The van der Waals surface area contributed by atoms with Crippen LogP contribution in [-0.4, -0.2) is 13.0 Å². The molecule has 0 aliphatic heterocycles. The molecule has 0 unspecified atom stereocenters. The zero-order chi connectivity index (χ0) is 8.81. The molecular formula is C8H7FNO2. The Kier molecular flexibility index (Phi) is 3.07. The Labute approximate surface area is 69.2 Å². The van der Waals surface area contributed by atoms with Crippen molar-refractivity contribution >= 4 is 11.8 Å². The van der Waals surface area contributed by atoms with Gasteiger partial charge in [0.2, 0.25) is 6.86 Å². The van der Waals surface area contributed by atoms with E-state index in [1.807, 2.05) is 0 Å². The molecule has 0 heterocycles. The number of benzene rings is 1. The van der Waals surface area contributed by atoms with Crippen LogP contribution >= 0.6 is 0 Å². The van der Waals surface area contributed by atoms with Crippen molar-refractivity contribution < 1.29 is 13.9 Å². The van der Waals surface area contributed by atoms with Gasteiger partial charge in [0.25, 0.3) is 0 Å². The maximum Gasteiger partial charge on any atom is 0.413 e. The SMILES string of the molecule is O=C(Nc1[c]cccc1)OCF. The van der Waals surface area contributed by atoms with Gasteiger partial charge in [-0.05, 0) is 6.07 Å². The second-order valence-electron chi connectivity index (χ2n) is 1.94. The van der Waals surface area contributed by atoms with Crippen LogP contribution in [0.15, 0.2) is 24.3 Å². The maximum absolute atomic E-state index is 11.5. The summed E-state index contributed by atoms with van der Waals surface area (Å²) >= 11 is 0. The molecule has 1 rings (SSSR count). The van der Waals surface area contributed by atoms with Crippen LogP contribution in [0.5, 0.6) is 0 Å². The molecule has 12 heavy (non-hydrogen) atoms. The van der Waals surface area contributed by atoms with Gasteiger partial charge >= 0.3 is 6.09 Å². The first-order valence-corrected chi connectivity index (χ1v) is 3.29. The largest absolute Gasteiger partial charge is 0.417 e. The predicted octanol–water partition coefficient (Wildman–Crippen LogP) is 1.96. The molecule has 0 bridgehead atoms. The van der Waals surface area contributed by atoms with Gasteiger partial charge in [0.1, 0.15) is 0 Å². The Morgan fingerprint density at radius 1 is 1.67 bits per heavy atom. The third-order valence-electron chi connectivity index (χ3n) is 1.13. The van der Waals surface area contributed by atoms with Crippen molar-refractivity contribution in [2.24, 2.45) is 0 Å². The Morgan fingerprint density at radius 3 is 3.08 bits per heavy atom. The van der Waals surface area contributed by atoms with Gasteiger partial charge in [-0.2, -0.15) is 0 Å². The van der Waals surface area contributed by atoms with E-state index in [1.165, 1.54) is 0 Å². The van der Waals surface area contributed by atoms with Gasteiger partial charge in [0, 0.05) is 6.07 Å². The van der Waals surface area contributed by atoms with E-state index < -0.39 is 13.0 Å². The number of rotatable bonds is 2. The van der Waals surface area contributed by atoms with Crippen molar-refractivity contribution in [3.63, 3.8) is 0 Å². The van der Waals surface area contributed by atoms with Crippen molar-refractivity contribution in [1.82, 2.24) is 0 Å². The molecule has 4 heteroatoms. The van der Waals surface area contributed by atoms with E-state index in [0.29, 0.717) is 5.69 Å². The number of nitrogens with one attached hydrogen (secondary N) is 1. The molecule has 1 amide bonds. The zero-order valence-electron chi connectivity index (χ0n) is 6.21. The first-order valence-electron chi connectivity index (χ1n) is 3.29. The number of alkyl halides is 1. The summed E-state index contributed by atoms with van der Waals surface area (Å²) in [6, 6.07) is 9.46. The fourth-order valence-corrected chi connectivity index (χ4v) is 0.667. The average Bonchev–Trinajstić information content (AvgIpc) is 2.06. The summed E-state index contributed by atoms with van der Waals surface area (Å²) in [5, 5.41) is 2.29. The number of carbonyl (C=O) groups excluding carboxylic acids is 1. The molecule has 0 spiro atoms. The normalized spacial score (nSPS) is 9.08. The lowest BCUT2D eigenvalue weighted by Gasteiger charge is -2.01. The molecule has 0 aliphatic carbocycles. The molecule has 63 valence electrons. The van der Waals surface area contributed by atoms with Crippen molar-refractivity contribution in [1.29, 1.82) is 0 Å². The van der Waals surface area contributed by atoms with Crippen LogP contribution in [0.2, 0.25) is 0 Å². The fraction of sp³-hybridized carbons (Fsp3) is 0.125. The monoisotopic (exact) mass is 168 g/mol. The minimum Gasteiger partial charge on any atom is -0.417 e. The van der Waals surface area contributed by atoms with E-state index in [2.05, 4.69) is 16.1 Å². The van der Waals surface area contributed by atoms with Crippen LogP contribution in [0.25, 0.3) is 0 Å². The highest BCUT2D eigenvalue weighted by molar-refractivity contribution is 5.84. The molecule has 1 aromatic rings. The highest BCUT2D eigenvalue weighted by Crippen LogP contribution is 2.03. The third kappa shape index (κ3) is 2.57. The molecule has 1 aromatic carbocycles. The topological polar surface area (TPSA) is 38.3 Å². The highest BCUT2D eigenvalue weighted by Gasteiger charge is 2.00. The molecule has 1 N–H and O–H groups in total. The van der Waals surface area contributed by atoms with Gasteiger partial charge in [0.05, 0.1) is 5.69 Å². The number of para-hydroxylation sites is 1. The Bertz CT molecular complexity index is 250. The minimum absolute atomic E-state index is 0.455. The summed E-state index contributed by atoms with van der Waals surface area (Å²) in [4.78, 5) is 10.6. The molecule has 0 saturated heterocycles. The number of carbonyl (C=O) groups is 1. The summed E-state index contributed by atoms with van der Waals surface area (Å²) in [5.74, 6) is 0. The highest BCUT2D eigenvalue weighted by atomic mass is 19.1. The van der Waals surface area contributed by atoms with Crippen LogP contribution in [0.1, 0.15) is 0 Å². The lowest BCUT2D eigenvalue weighted by Crippen LogP contribution is -2.12. The number of hydrogen-bond donors (Lipinski definition) is 1. The number of amides is 1. The molecule has 0 saturated carbocycles. The summed E-state index contributed by atoms with van der Waals surface area (Å²) in [5.41, 5.74) is 0.455. The van der Waals surface area contributed by atoms with Gasteiger partial charge < -0.3 is 4.74 Å². The van der Waals surface area contributed by atoms with Crippen molar-refractivity contribution in [2.75, 3.05) is 12.2 Å². The van der Waals surface area contributed by atoms with Gasteiger partial charge in [-0.15, -0.1) is 0 Å². The predicted molar refractivity (Wildman–Crippen MR) is 41.4 cm³/mol. The lowest BCUT2D eigenvalue weighted by atomic mass is 10.3. The minimum atomic E-state index is -1.13. The number of halogens is 1. The maximum atomic E-state index is 11.5. The van der Waals surface area contributed by atoms with Gasteiger partial charge in [-0.1, -0.05) is 18.2 Å².